The van der Waals surface area contributed by atoms with Gasteiger partial charge in [0.05, 0.1) is 24.3 Å². The van der Waals surface area contributed by atoms with Gasteiger partial charge in [0.25, 0.3) is 6.43 Å². The van der Waals surface area contributed by atoms with E-state index in [4.69, 9.17) is 0 Å². The van der Waals surface area contributed by atoms with Crippen LogP contribution in [0.15, 0.2) is 24.4 Å². The van der Waals surface area contributed by atoms with E-state index < -0.39 is 13.0 Å². The first kappa shape index (κ1) is 15.9. The Kier molecular flexibility index (Phi) is 4.85. The second kappa shape index (κ2) is 7.04. The van der Waals surface area contributed by atoms with Crippen LogP contribution in [0.5, 0.6) is 0 Å². The number of hydrogen-bond donors (Lipinski definition) is 2. The smallest absolute Gasteiger partial charge is 0.255 e. The highest BCUT2D eigenvalue weighted by Crippen LogP contribution is 2.21. The standard InChI is InChI=1S/C16H20F2N4O/c17-15(18)9-19-16(23)14-3-1-2-6-22(14)10-11-4-5-12-8-20-21-13(12)7-11/h4-5,7-8,14-15H,1-3,6,9-10H2,(H,19,23)(H,20,21)/t14-/m0/s1. The summed E-state index contributed by atoms with van der Waals surface area (Å²) < 4.78 is 24.6. The summed E-state index contributed by atoms with van der Waals surface area (Å²) in [5.41, 5.74) is 2.04. The Morgan fingerprint density at radius 3 is 3.13 bits per heavy atom. The van der Waals surface area contributed by atoms with Crippen LogP contribution < -0.4 is 5.32 Å². The van der Waals surface area contributed by atoms with Crippen LogP contribution in [0.1, 0.15) is 24.8 Å². The van der Waals surface area contributed by atoms with Crippen LogP contribution in [-0.2, 0) is 11.3 Å². The number of carbonyl (C=O) groups excluding carboxylic acids is 1. The molecule has 0 radical (unpaired) electrons. The molecular formula is C16H20F2N4O. The van der Waals surface area contributed by atoms with E-state index >= 15 is 0 Å². The fraction of sp³-hybridized carbons (Fsp3) is 0.500. The zero-order valence-corrected chi connectivity index (χ0v) is 12.8. The quantitative estimate of drug-likeness (QED) is 0.888. The van der Waals surface area contributed by atoms with Gasteiger partial charge < -0.3 is 5.32 Å². The number of likely N-dealkylation sites (tertiary alicyclic amines) is 1. The largest absolute Gasteiger partial charge is 0.349 e. The number of alkyl halides is 2. The Morgan fingerprint density at radius 2 is 2.30 bits per heavy atom. The minimum atomic E-state index is -2.52. The molecular weight excluding hydrogens is 302 g/mol. The fourth-order valence-corrected chi connectivity index (χ4v) is 3.09. The third-order valence-electron chi connectivity index (χ3n) is 4.24. The summed E-state index contributed by atoms with van der Waals surface area (Å²) in [6.07, 6.45) is 1.93. The number of nitrogens with zero attached hydrogens (tertiary/aromatic N) is 2. The average molecular weight is 322 g/mol. The molecule has 23 heavy (non-hydrogen) atoms. The number of halogens is 2. The minimum absolute atomic E-state index is 0.299. The molecule has 1 atom stereocenters. The molecule has 5 nitrogen and oxygen atoms in total. The Hall–Kier alpha value is -2.02. The average Bonchev–Trinajstić information content (AvgIpc) is 3.01. The SMILES string of the molecule is O=C(NCC(F)F)[C@@H]1CCCCN1Cc1ccc2cn[nH]c2c1. The Labute approximate surface area is 133 Å². The third-order valence-corrected chi connectivity index (χ3v) is 4.24. The van der Waals surface area contributed by atoms with Crippen molar-refractivity contribution in [3.8, 4) is 0 Å². The van der Waals surface area contributed by atoms with E-state index in [0.717, 1.165) is 35.9 Å². The van der Waals surface area contributed by atoms with Gasteiger partial charge in [0.1, 0.15) is 0 Å². The summed E-state index contributed by atoms with van der Waals surface area (Å²) in [6, 6.07) is 5.69. The van der Waals surface area contributed by atoms with Crippen LogP contribution in [0.3, 0.4) is 0 Å². The molecule has 2 N–H and O–H groups in total. The molecule has 3 rings (SSSR count). The van der Waals surface area contributed by atoms with E-state index in [2.05, 4.69) is 20.4 Å². The highest BCUT2D eigenvalue weighted by molar-refractivity contribution is 5.82. The molecule has 1 fully saturated rings. The molecule has 0 spiro atoms. The lowest BCUT2D eigenvalue weighted by atomic mass is 10.00. The fourth-order valence-electron chi connectivity index (χ4n) is 3.09. The van der Waals surface area contributed by atoms with Crippen molar-refractivity contribution < 1.29 is 13.6 Å². The van der Waals surface area contributed by atoms with Gasteiger partial charge >= 0.3 is 0 Å². The molecule has 2 heterocycles. The number of nitrogens with one attached hydrogen (secondary N) is 2. The van der Waals surface area contributed by atoms with Crippen LogP contribution in [0.25, 0.3) is 10.9 Å². The molecule has 1 saturated heterocycles. The number of aromatic nitrogens is 2. The molecule has 2 aromatic rings. The van der Waals surface area contributed by atoms with Gasteiger partial charge in [0.15, 0.2) is 0 Å². The summed E-state index contributed by atoms with van der Waals surface area (Å²) >= 11 is 0. The van der Waals surface area contributed by atoms with Crippen molar-refractivity contribution in [3.63, 3.8) is 0 Å². The van der Waals surface area contributed by atoms with Crippen molar-refractivity contribution >= 4 is 16.8 Å². The van der Waals surface area contributed by atoms with Crippen LogP contribution in [0.4, 0.5) is 8.78 Å². The molecule has 7 heteroatoms. The van der Waals surface area contributed by atoms with E-state index in [-0.39, 0.29) is 11.9 Å². The Morgan fingerprint density at radius 1 is 1.43 bits per heavy atom. The third kappa shape index (κ3) is 3.85. The molecule has 0 unspecified atom stereocenters. The first-order chi connectivity index (χ1) is 11.1. The molecule has 0 aliphatic carbocycles. The minimum Gasteiger partial charge on any atom is -0.349 e. The van der Waals surface area contributed by atoms with Crippen molar-refractivity contribution in [2.75, 3.05) is 13.1 Å². The van der Waals surface area contributed by atoms with E-state index in [1.807, 2.05) is 18.2 Å². The summed E-state index contributed by atoms with van der Waals surface area (Å²) in [5.74, 6) is -0.299. The van der Waals surface area contributed by atoms with Gasteiger partial charge in [-0.15, -0.1) is 0 Å². The normalized spacial score (nSPS) is 19.3. The summed E-state index contributed by atoms with van der Waals surface area (Å²) in [7, 11) is 0. The molecule has 1 aliphatic heterocycles. The maximum absolute atomic E-state index is 12.3. The van der Waals surface area contributed by atoms with Crippen LogP contribution in [-0.4, -0.2) is 46.6 Å². The molecule has 0 saturated carbocycles. The lowest BCUT2D eigenvalue weighted by Crippen LogP contribution is -2.49. The van der Waals surface area contributed by atoms with Crippen LogP contribution >= 0.6 is 0 Å². The summed E-state index contributed by atoms with van der Waals surface area (Å²) in [6.45, 7) is 0.846. The second-order valence-corrected chi connectivity index (χ2v) is 5.91. The topological polar surface area (TPSA) is 61.0 Å². The van der Waals surface area contributed by atoms with Gasteiger partial charge in [-0.25, -0.2) is 8.78 Å². The van der Waals surface area contributed by atoms with E-state index in [1.165, 1.54) is 0 Å². The first-order valence-corrected chi connectivity index (χ1v) is 7.85. The van der Waals surface area contributed by atoms with Crippen molar-refractivity contribution in [1.82, 2.24) is 20.4 Å². The van der Waals surface area contributed by atoms with Crippen molar-refractivity contribution in [2.45, 2.75) is 38.3 Å². The number of H-pyrrole nitrogens is 1. The summed E-state index contributed by atoms with van der Waals surface area (Å²) in [5, 5.41) is 10.3. The number of amides is 1. The molecule has 1 aromatic heterocycles. The maximum atomic E-state index is 12.3. The number of benzene rings is 1. The molecule has 1 aliphatic rings. The predicted molar refractivity (Wildman–Crippen MR) is 83.2 cm³/mol. The number of aromatic amines is 1. The van der Waals surface area contributed by atoms with E-state index in [1.54, 1.807) is 6.20 Å². The predicted octanol–water partition coefficient (Wildman–Crippen LogP) is 2.30. The van der Waals surface area contributed by atoms with Gasteiger partial charge in [-0.05, 0) is 31.0 Å². The Balaban J connectivity index is 1.69. The Bertz CT molecular complexity index is 673. The number of piperidine rings is 1. The van der Waals surface area contributed by atoms with E-state index in [9.17, 15) is 13.6 Å². The second-order valence-electron chi connectivity index (χ2n) is 5.91. The van der Waals surface area contributed by atoms with Gasteiger partial charge in [-0.1, -0.05) is 18.6 Å². The number of hydrogen-bond acceptors (Lipinski definition) is 3. The van der Waals surface area contributed by atoms with Crippen molar-refractivity contribution in [1.29, 1.82) is 0 Å². The number of rotatable bonds is 5. The molecule has 1 amide bonds. The van der Waals surface area contributed by atoms with E-state index in [0.29, 0.717) is 13.0 Å². The maximum Gasteiger partial charge on any atom is 0.255 e. The summed E-state index contributed by atoms with van der Waals surface area (Å²) in [4.78, 5) is 14.2. The highest BCUT2D eigenvalue weighted by Gasteiger charge is 2.28. The monoisotopic (exact) mass is 322 g/mol. The zero-order valence-electron chi connectivity index (χ0n) is 12.8. The van der Waals surface area contributed by atoms with Gasteiger partial charge in [0, 0.05) is 11.9 Å². The lowest BCUT2D eigenvalue weighted by Gasteiger charge is -2.34. The lowest BCUT2D eigenvalue weighted by molar-refractivity contribution is -0.128. The zero-order chi connectivity index (χ0) is 16.2. The molecule has 1 aromatic carbocycles. The molecule has 124 valence electrons. The number of carbonyl (C=O) groups is 1. The van der Waals surface area contributed by atoms with Crippen molar-refractivity contribution in [3.05, 3.63) is 30.0 Å². The van der Waals surface area contributed by atoms with Gasteiger partial charge in [-0.2, -0.15) is 5.10 Å². The van der Waals surface area contributed by atoms with Crippen LogP contribution in [0.2, 0.25) is 0 Å². The molecule has 0 bridgehead atoms. The van der Waals surface area contributed by atoms with Gasteiger partial charge in [-0.3, -0.25) is 14.8 Å². The number of fused-ring (bicyclic) bond motifs is 1. The van der Waals surface area contributed by atoms with Gasteiger partial charge in [0.2, 0.25) is 5.91 Å². The highest BCUT2D eigenvalue weighted by atomic mass is 19.3. The van der Waals surface area contributed by atoms with Crippen molar-refractivity contribution in [2.24, 2.45) is 0 Å². The first-order valence-electron chi connectivity index (χ1n) is 7.85. The van der Waals surface area contributed by atoms with Crippen LogP contribution in [0, 0.1) is 0 Å².